The maximum Gasteiger partial charge on any atom is 0.303 e. The van der Waals surface area contributed by atoms with E-state index in [4.69, 9.17) is 10.4 Å². The van der Waals surface area contributed by atoms with Gasteiger partial charge in [-0.15, -0.1) is 0 Å². The quantitative estimate of drug-likeness (QED) is 0.823. The summed E-state index contributed by atoms with van der Waals surface area (Å²) in [7, 11) is 0. The zero-order valence-corrected chi connectivity index (χ0v) is 10.7. The Hall–Kier alpha value is -2.16. The number of aliphatic carboxylic acids is 1. The van der Waals surface area contributed by atoms with Crippen LogP contribution in [0.4, 0.5) is 5.95 Å². The molecule has 18 heavy (non-hydrogen) atoms. The van der Waals surface area contributed by atoms with Gasteiger partial charge in [0.05, 0.1) is 0 Å². The maximum absolute atomic E-state index is 10.6. The molecule has 0 bridgehead atoms. The van der Waals surface area contributed by atoms with Crippen LogP contribution in [0.2, 0.25) is 0 Å². The van der Waals surface area contributed by atoms with Crippen molar-refractivity contribution >= 4 is 11.9 Å². The summed E-state index contributed by atoms with van der Waals surface area (Å²) >= 11 is 0. The summed E-state index contributed by atoms with van der Waals surface area (Å²) in [5.74, 6) is -0.491. The Morgan fingerprint density at radius 1 is 1.56 bits per heavy atom. The lowest BCUT2D eigenvalue weighted by molar-refractivity contribution is -0.137. The number of hydrogen-bond donors (Lipinski definition) is 2. The SMILES string of the molecule is Cc1cc(C#N)nc(NC(C)(C)CCC(=O)O)n1. The number of hydrogen-bond acceptors (Lipinski definition) is 5. The van der Waals surface area contributed by atoms with E-state index in [1.807, 2.05) is 19.9 Å². The minimum absolute atomic E-state index is 0.0664. The third-order valence-corrected chi connectivity index (χ3v) is 2.38. The molecule has 0 aliphatic heterocycles. The van der Waals surface area contributed by atoms with Crippen LogP contribution < -0.4 is 5.32 Å². The van der Waals surface area contributed by atoms with E-state index in [1.54, 1.807) is 13.0 Å². The van der Waals surface area contributed by atoms with Gasteiger partial charge in [0, 0.05) is 17.7 Å². The van der Waals surface area contributed by atoms with Crippen molar-refractivity contribution in [3.8, 4) is 6.07 Å². The van der Waals surface area contributed by atoms with E-state index in [9.17, 15) is 4.79 Å². The topological polar surface area (TPSA) is 98.9 Å². The summed E-state index contributed by atoms with van der Waals surface area (Å²) < 4.78 is 0. The summed E-state index contributed by atoms with van der Waals surface area (Å²) in [6.45, 7) is 5.51. The summed E-state index contributed by atoms with van der Waals surface area (Å²) in [4.78, 5) is 18.8. The Balaban J connectivity index is 2.80. The zero-order chi connectivity index (χ0) is 13.8. The van der Waals surface area contributed by atoms with Crippen LogP contribution >= 0.6 is 0 Å². The van der Waals surface area contributed by atoms with E-state index < -0.39 is 11.5 Å². The van der Waals surface area contributed by atoms with Crippen molar-refractivity contribution < 1.29 is 9.90 Å². The van der Waals surface area contributed by atoms with Gasteiger partial charge in [-0.1, -0.05) is 0 Å². The first-order valence-corrected chi connectivity index (χ1v) is 5.58. The van der Waals surface area contributed by atoms with Gasteiger partial charge in [-0.25, -0.2) is 9.97 Å². The number of carboxylic acid groups (broad SMARTS) is 1. The van der Waals surface area contributed by atoms with Crippen molar-refractivity contribution in [3.63, 3.8) is 0 Å². The molecule has 0 aliphatic carbocycles. The Morgan fingerprint density at radius 2 is 2.22 bits per heavy atom. The lowest BCUT2D eigenvalue weighted by atomic mass is 9.99. The molecule has 96 valence electrons. The van der Waals surface area contributed by atoms with Gasteiger partial charge < -0.3 is 10.4 Å². The maximum atomic E-state index is 10.6. The normalized spacial score (nSPS) is 10.8. The van der Waals surface area contributed by atoms with Gasteiger partial charge in [-0.05, 0) is 33.3 Å². The molecular weight excluding hydrogens is 232 g/mol. The fourth-order valence-corrected chi connectivity index (χ4v) is 1.47. The van der Waals surface area contributed by atoms with Gasteiger partial charge >= 0.3 is 5.97 Å². The highest BCUT2D eigenvalue weighted by Gasteiger charge is 2.20. The van der Waals surface area contributed by atoms with Crippen molar-refractivity contribution in [1.82, 2.24) is 9.97 Å². The summed E-state index contributed by atoms with van der Waals surface area (Å²) in [5.41, 5.74) is 0.538. The third-order valence-electron chi connectivity index (χ3n) is 2.38. The molecule has 0 saturated heterocycles. The van der Waals surface area contributed by atoms with Crippen LogP contribution in [0.1, 0.15) is 38.1 Å². The van der Waals surface area contributed by atoms with E-state index in [2.05, 4.69) is 15.3 Å². The lowest BCUT2D eigenvalue weighted by Gasteiger charge is -2.25. The monoisotopic (exact) mass is 248 g/mol. The van der Waals surface area contributed by atoms with Crippen molar-refractivity contribution in [2.24, 2.45) is 0 Å². The Bertz CT molecular complexity index is 491. The largest absolute Gasteiger partial charge is 0.481 e. The van der Waals surface area contributed by atoms with Crippen LogP contribution in [-0.2, 0) is 4.79 Å². The average Bonchev–Trinajstić information content (AvgIpc) is 2.25. The van der Waals surface area contributed by atoms with Crippen LogP contribution in [0.15, 0.2) is 6.07 Å². The van der Waals surface area contributed by atoms with Crippen LogP contribution in [-0.4, -0.2) is 26.6 Å². The Labute approximate surface area is 106 Å². The molecule has 1 heterocycles. The molecule has 0 aromatic carbocycles. The third kappa shape index (κ3) is 4.37. The van der Waals surface area contributed by atoms with Crippen molar-refractivity contribution in [2.75, 3.05) is 5.32 Å². The van der Waals surface area contributed by atoms with Gasteiger partial charge in [-0.2, -0.15) is 5.26 Å². The molecule has 0 radical (unpaired) electrons. The molecule has 1 aromatic heterocycles. The molecule has 6 heteroatoms. The molecule has 0 unspecified atom stereocenters. The second kappa shape index (κ2) is 5.45. The molecule has 6 nitrogen and oxygen atoms in total. The number of rotatable bonds is 5. The number of nitrogens with zero attached hydrogens (tertiary/aromatic N) is 3. The molecule has 0 amide bonds. The molecule has 0 aliphatic rings. The molecule has 0 spiro atoms. The van der Waals surface area contributed by atoms with E-state index >= 15 is 0 Å². The number of aromatic nitrogens is 2. The van der Waals surface area contributed by atoms with E-state index in [0.717, 1.165) is 0 Å². The summed E-state index contributed by atoms with van der Waals surface area (Å²) in [5, 5.41) is 20.5. The lowest BCUT2D eigenvalue weighted by Crippen LogP contribution is -2.32. The fraction of sp³-hybridized carbons (Fsp3) is 0.500. The minimum atomic E-state index is -0.840. The van der Waals surface area contributed by atoms with Crippen molar-refractivity contribution in [1.29, 1.82) is 5.26 Å². The molecule has 2 N–H and O–H groups in total. The van der Waals surface area contributed by atoms with E-state index in [1.165, 1.54) is 0 Å². The smallest absolute Gasteiger partial charge is 0.303 e. The number of nitriles is 1. The van der Waals surface area contributed by atoms with Crippen LogP contribution in [0.5, 0.6) is 0 Å². The van der Waals surface area contributed by atoms with Crippen LogP contribution in [0, 0.1) is 18.3 Å². The Kier molecular flexibility index (Phi) is 4.21. The van der Waals surface area contributed by atoms with Crippen molar-refractivity contribution in [2.45, 2.75) is 39.2 Å². The van der Waals surface area contributed by atoms with Gasteiger partial charge in [0.15, 0.2) is 0 Å². The Morgan fingerprint density at radius 3 is 2.78 bits per heavy atom. The van der Waals surface area contributed by atoms with Gasteiger partial charge in [0.2, 0.25) is 5.95 Å². The highest BCUT2D eigenvalue weighted by molar-refractivity contribution is 5.66. The number of carboxylic acids is 1. The van der Waals surface area contributed by atoms with Gasteiger partial charge in [0.25, 0.3) is 0 Å². The predicted octanol–water partition coefficient (Wildman–Crippen LogP) is 1.71. The molecular formula is C12H16N4O2. The predicted molar refractivity (Wildman–Crippen MR) is 66.1 cm³/mol. The first-order chi connectivity index (χ1) is 8.32. The fourth-order valence-electron chi connectivity index (χ4n) is 1.47. The van der Waals surface area contributed by atoms with Gasteiger partial charge in [0.1, 0.15) is 11.8 Å². The minimum Gasteiger partial charge on any atom is -0.481 e. The summed E-state index contributed by atoms with van der Waals surface area (Å²) in [6.07, 6.45) is 0.512. The number of nitrogens with one attached hydrogen (secondary N) is 1. The summed E-state index contributed by atoms with van der Waals surface area (Å²) in [6, 6.07) is 3.55. The van der Waals surface area contributed by atoms with E-state index in [-0.39, 0.29) is 6.42 Å². The standard InChI is InChI=1S/C12H16N4O2/c1-8-6-9(7-13)15-11(14-8)16-12(2,3)5-4-10(17)18/h6H,4-5H2,1-3H3,(H,17,18)(H,14,15,16). The van der Waals surface area contributed by atoms with Crippen LogP contribution in [0.3, 0.4) is 0 Å². The molecule has 0 saturated carbocycles. The molecule has 1 aromatic rings. The first-order valence-electron chi connectivity index (χ1n) is 5.58. The second-order valence-corrected chi connectivity index (χ2v) is 4.73. The average molecular weight is 248 g/mol. The highest BCUT2D eigenvalue weighted by atomic mass is 16.4. The number of carbonyl (C=O) groups is 1. The second-order valence-electron chi connectivity index (χ2n) is 4.73. The van der Waals surface area contributed by atoms with Gasteiger partial charge in [-0.3, -0.25) is 4.79 Å². The van der Waals surface area contributed by atoms with Crippen LogP contribution in [0.25, 0.3) is 0 Å². The van der Waals surface area contributed by atoms with E-state index in [0.29, 0.717) is 23.8 Å². The zero-order valence-electron chi connectivity index (χ0n) is 10.7. The van der Waals surface area contributed by atoms with Crippen molar-refractivity contribution in [3.05, 3.63) is 17.5 Å². The number of aryl methyl sites for hydroxylation is 1. The number of anilines is 1. The molecule has 0 atom stereocenters. The first kappa shape index (κ1) is 13.9. The molecule has 1 rings (SSSR count). The highest BCUT2D eigenvalue weighted by Crippen LogP contribution is 2.17. The molecule has 0 fully saturated rings.